The number of carbonyl (C=O) groups is 1. The number of hydrogen-bond donors (Lipinski definition) is 1. The molecule has 2 aliphatic heterocycles. The summed E-state index contributed by atoms with van der Waals surface area (Å²) in [5.74, 6) is 0.247. The standard InChI is InChI=1S/C11H17N3O3/c1-14(6-5-9(12)13-11(14)15)10-4-3-8(17-10)7-16-2/h5-6,8,10H,3-4,7H2,1-2H3,(H-,12,13,15)/p+1. The molecular formula is C11H18N3O3+. The average molecular weight is 240 g/mol. The second kappa shape index (κ2) is 4.56. The molecule has 3 unspecified atom stereocenters. The number of ether oxygens (including phenoxy) is 2. The van der Waals surface area contributed by atoms with Gasteiger partial charge in [-0.25, -0.2) is 4.79 Å². The third-order valence-electron chi connectivity index (χ3n) is 3.23. The number of hydrogen-bond acceptors (Lipinski definition) is 4. The first kappa shape index (κ1) is 12.2. The van der Waals surface area contributed by atoms with Gasteiger partial charge in [-0.1, -0.05) is 0 Å². The van der Waals surface area contributed by atoms with Crippen molar-refractivity contribution in [3.63, 3.8) is 0 Å². The van der Waals surface area contributed by atoms with E-state index in [9.17, 15) is 4.79 Å². The summed E-state index contributed by atoms with van der Waals surface area (Å²) in [6.45, 7) is 0.555. The van der Waals surface area contributed by atoms with Crippen molar-refractivity contribution in [2.24, 2.45) is 10.7 Å². The van der Waals surface area contributed by atoms with Gasteiger partial charge >= 0.3 is 6.03 Å². The van der Waals surface area contributed by atoms with Crippen LogP contribution >= 0.6 is 0 Å². The average Bonchev–Trinajstić information content (AvgIpc) is 2.74. The smallest absolute Gasteiger partial charge is 0.383 e. The Balaban J connectivity index is 2.08. The summed E-state index contributed by atoms with van der Waals surface area (Å²) in [7, 11) is 3.43. The number of rotatable bonds is 3. The fourth-order valence-corrected chi connectivity index (χ4v) is 2.16. The van der Waals surface area contributed by atoms with E-state index in [1.54, 1.807) is 26.4 Å². The molecule has 17 heavy (non-hydrogen) atoms. The predicted molar refractivity (Wildman–Crippen MR) is 62.1 cm³/mol. The molecule has 0 aromatic carbocycles. The van der Waals surface area contributed by atoms with Crippen LogP contribution < -0.4 is 5.73 Å². The monoisotopic (exact) mass is 240 g/mol. The molecule has 94 valence electrons. The van der Waals surface area contributed by atoms with Gasteiger partial charge in [0.1, 0.15) is 12.0 Å². The number of quaternary nitrogens is 1. The van der Waals surface area contributed by atoms with Crippen molar-refractivity contribution >= 4 is 11.9 Å². The van der Waals surface area contributed by atoms with E-state index in [0.29, 0.717) is 6.61 Å². The Morgan fingerprint density at radius 2 is 2.41 bits per heavy atom. The van der Waals surface area contributed by atoms with E-state index in [4.69, 9.17) is 15.2 Å². The van der Waals surface area contributed by atoms with Crippen LogP contribution in [0.1, 0.15) is 12.8 Å². The third kappa shape index (κ3) is 2.24. The van der Waals surface area contributed by atoms with Crippen molar-refractivity contribution in [3.05, 3.63) is 12.3 Å². The lowest BCUT2D eigenvalue weighted by atomic mass is 10.2. The van der Waals surface area contributed by atoms with E-state index in [-0.39, 0.29) is 28.7 Å². The molecule has 1 saturated heterocycles. The van der Waals surface area contributed by atoms with Crippen molar-refractivity contribution in [3.8, 4) is 0 Å². The van der Waals surface area contributed by atoms with Crippen LogP contribution in [0.4, 0.5) is 4.79 Å². The maximum absolute atomic E-state index is 11.9. The first-order chi connectivity index (χ1) is 8.06. The van der Waals surface area contributed by atoms with E-state index in [1.165, 1.54) is 0 Å². The SMILES string of the molecule is COCC1CCC([N+]2(C)C=CC(N)=NC2=O)O1. The lowest BCUT2D eigenvalue weighted by Crippen LogP contribution is -2.53. The summed E-state index contributed by atoms with van der Waals surface area (Å²) < 4.78 is 10.9. The first-order valence-corrected chi connectivity index (χ1v) is 5.64. The molecule has 2 N–H and O–H groups in total. The van der Waals surface area contributed by atoms with Gasteiger partial charge in [-0.15, -0.1) is 4.99 Å². The van der Waals surface area contributed by atoms with Crippen LogP contribution in [0.25, 0.3) is 0 Å². The Morgan fingerprint density at radius 3 is 3.06 bits per heavy atom. The van der Waals surface area contributed by atoms with E-state index >= 15 is 0 Å². The minimum Gasteiger partial charge on any atom is -0.383 e. The zero-order valence-corrected chi connectivity index (χ0v) is 10.1. The zero-order valence-electron chi connectivity index (χ0n) is 10.1. The minimum atomic E-state index is -0.284. The Morgan fingerprint density at radius 1 is 1.65 bits per heavy atom. The quantitative estimate of drug-likeness (QED) is 0.733. The van der Waals surface area contributed by atoms with Crippen LogP contribution in [-0.4, -0.2) is 49.4 Å². The fourth-order valence-electron chi connectivity index (χ4n) is 2.16. The Bertz CT molecular complexity index is 380. The molecule has 0 spiro atoms. The van der Waals surface area contributed by atoms with Gasteiger partial charge in [0.05, 0.1) is 19.8 Å². The minimum absolute atomic E-state index is 0.0287. The van der Waals surface area contributed by atoms with Gasteiger partial charge in [-0.3, -0.25) is 0 Å². The lowest BCUT2D eigenvalue weighted by molar-refractivity contribution is -0.830. The van der Waals surface area contributed by atoms with Crippen molar-refractivity contribution in [1.29, 1.82) is 0 Å². The normalized spacial score (nSPS) is 37.3. The van der Waals surface area contributed by atoms with Crippen LogP contribution in [-0.2, 0) is 9.47 Å². The molecule has 2 heterocycles. The highest BCUT2D eigenvalue weighted by molar-refractivity contribution is 5.99. The number of nitrogens with zero attached hydrogens (tertiary/aromatic N) is 2. The number of nitrogens with two attached hydrogens (primary N) is 1. The van der Waals surface area contributed by atoms with Crippen molar-refractivity contribution < 1.29 is 18.8 Å². The highest BCUT2D eigenvalue weighted by atomic mass is 16.6. The molecule has 0 aliphatic carbocycles. The molecule has 0 aromatic rings. The molecule has 0 bridgehead atoms. The van der Waals surface area contributed by atoms with Crippen LogP contribution in [0.15, 0.2) is 17.3 Å². The van der Waals surface area contributed by atoms with Crippen LogP contribution in [0.5, 0.6) is 0 Å². The van der Waals surface area contributed by atoms with Crippen molar-refractivity contribution in [2.45, 2.75) is 25.2 Å². The zero-order chi connectivity index (χ0) is 12.5. The number of carbonyl (C=O) groups excluding carboxylic acids is 1. The van der Waals surface area contributed by atoms with E-state index in [0.717, 1.165) is 12.8 Å². The van der Waals surface area contributed by atoms with Crippen LogP contribution in [0.3, 0.4) is 0 Å². The predicted octanol–water partition coefficient (Wildman–Crippen LogP) is 0.589. The summed E-state index contributed by atoms with van der Waals surface area (Å²) in [5.41, 5.74) is 5.49. The highest BCUT2D eigenvalue weighted by Gasteiger charge is 2.45. The van der Waals surface area contributed by atoms with Gasteiger partial charge in [-0.05, 0) is 6.42 Å². The number of methoxy groups -OCH3 is 1. The third-order valence-corrected chi connectivity index (χ3v) is 3.23. The van der Waals surface area contributed by atoms with Gasteiger partial charge in [-0.2, -0.15) is 4.48 Å². The number of aliphatic imine (C=N–C) groups is 1. The maximum atomic E-state index is 11.9. The van der Waals surface area contributed by atoms with Crippen molar-refractivity contribution in [1.82, 2.24) is 0 Å². The number of amidine groups is 1. The molecule has 2 amide bonds. The molecule has 0 saturated carbocycles. The van der Waals surface area contributed by atoms with Crippen molar-refractivity contribution in [2.75, 3.05) is 20.8 Å². The van der Waals surface area contributed by atoms with E-state index in [1.807, 2.05) is 0 Å². The Kier molecular flexibility index (Phi) is 3.28. The molecule has 6 nitrogen and oxygen atoms in total. The van der Waals surface area contributed by atoms with E-state index in [2.05, 4.69) is 4.99 Å². The van der Waals surface area contributed by atoms with Gasteiger partial charge < -0.3 is 15.2 Å². The van der Waals surface area contributed by atoms with Gasteiger partial charge in [0, 0.05) is 19.6 Å². The van der Waals surface area contributed by atoms with Gasteiger partial charge in [0.15, 0.2) is 0 Å². The fraction of sp³-hybridized carbons (Fsp3) is 0.636. The molecule has 0 aromatic heterocycles. The lowest BCUT2D eigenvalue weighted by Gasteiger charge is -2.32. The van der Waals surface area contributed by atoms with Gasteiger partial charge in [0.2, 0.25) is 6.23 Å². The summed E-state index contributed by atoms with van der Waals surface area (Å²) in [4.78, 5) is 15.7. The maximum Gasteiger partial charge on any atom is 0.451 e. The molecule has 2 aliphatic rings. The number of amides is 2. The van der Waals surface area contributed by atoms with Gasteiger partial charge in [0.25, 0.3) is 0 Å². The second-order valence-corrected chi connectivity index (χ2v) is 4.53. The molecule has 0 radical (unpaired) electrons. The van der Waals surface area contributed by atoms with Crippen LogP contribution in [0, 0.1) is 0 Å². The molecule has 2 rings (SSSR count). The summed E-state index contributed by atoms with van der Waals surface area (Å²) in [6.07, 6.45) is 4.96. The topological polar surface area (TPSA) is 73.9 Å². The molecule has 1 fully saturated rings. The summed E-state index contributed by atoms with van der Waals surface area (Å²) >= 11 is 0. The Hall–Kier alpha value is -1.24. The first-order valence-electron chi connectivity index (χ1n) is 5.64. The summed E-state index contributed by atoms with van der Waals surface area (Å²) in [6, 6.07) is -0.284. The molecule has 3 atom stereocenters. The van der Waals surface area contributed by atoms with Crippen LogP contribution in [0.2, 0.25) is 0 Å². The van der Waals surface area contributed by atoms with E-state index < -0.39 is 0 Å². The summed E-state index contributed by atoms with van der Waals surface area (Å²) in [5, 5.41) is 0. The number of urea groups is 1. The second-order valence-electron chi connectivity index (χ2n) is 4.53. The molecular weight excluding hydrogens is 222 g/mol. The molecule has 6 heteroatoms. The highest BCUT2D eigenvalue weighted by Crippen LogP contribution is 2.29. The Labute approximate surface area is 100 Å². The largest absolute Gasteiger partial charge is 0.451 e.